The SMILES string of the molecule is CCOC(=O)c1c(NC(NC(=O)Cc2ccccc2)C(Cl)(Cl)Cl)sc2c1CCC2. The van der Waals surface area contributed by atoms with Gasteiger partial charge in [-0.1, -0.05) is 65.1 Å². The number of fused-ring (bicyclic) bond motifs is 1. The maximum atomic E-state index is 12.5. The lowest BCUT2D eigenvalue weighted by Gasteiger charge is -2.27. The Morgan fingerprint density at radius 2 is 1.93 bits per heavy atom. The van der Waals surface area contributed by atoms with E-state index in [4.69, 9.17) is 39.5 Å². The molecule has 0 saturated carbocycles. The summed E-state index contributed by atoms with van der Waals surface area (Å²) in [4.78, 5) is 26.2. The Labute approximate surface area is 188 Å². The number of ether oxygens (including phenoxy) is 1. The second kappa shape index (κ2) is 9.56. The number of nitrogens with one attached hydrogen (secondary N) is 2. The largest absolute Gasteiger partial charge is 0.462 e. The summed E-state index contributed by atoms with van der Waals surface area (Å²) in [6.07, 6.45) is 1.82. The Bertz CT molecular complexity index is 881. The molecule has 1 atom stereocenters. The van der Waals surface area contributed by atoms with Gasteiger partial charge in [-0.2, -0.15) is 0 Å². The molecule has 0 fully saturated rings. The van der Waals surface area contributed by atoms with Crippen LogP contribution in [0.25, 0.3) is 0 Å². The third-order valence-corrected chi connectivity index (χ3v) is 6.39. The van der Waals surface area contributed by atoms with Crippen LogP contribution in [0, 0.1) is 0 Å². The molecule has 2 N–H and O–H groups in total. The Balaban J connectivity index is 1.81. The summed E-state index contributed by atoms with van der Waals surface area (Å²) in [5.74, 6) is -0.713. The normalized spacial score (nSPS) is 14.2. The number of alkyl halides is 3. The molecule has 1 amide bonds. The number of halogens is 3. The van der Waals surface area contributed by atoms with Crippen molar-refractivity contribution in [3.63, 3.8) is 0 Å². The molecule has 1 unspecified atom stereocenters. The summed E-state index contributed by atoms with van der Waals surface area (Å²) in [6, 6.07) is 9.28. The van der Waals surface area contributed by atoms with Crippen molar-refractivity contribution >= 4 is 63.0 Å². The van der Waals surface area contributed by atoms with E-state index in [0.29, 0.717) is 10.6 Å². The zero-order valence-corrected chi connectivity index (χ0v) is 18.9. The van der Waals surface area contributed by atoms with Gasteiger partial charge in [0.05, 0.1) is 18.6 Å². The molecular weight excluding hydrogens is 455 g/mol. The van der Waals surface area contributed by atoms with Gasteiger partial charge in [0, 0.05) is 4.88 Å². The van der Waals surface area contributed by atoms with Crippen molar-refractivity contribution in [2.75, 3.05) is 11.9 Å². The Hall–Kier alpha value is -1.47. The van der Waals surface area contributed by atoms with Crippen LogP contribution in [0.15, 0.2) is 30.3 Å². The average molecular weight is 476 g/mol. The Morgan fingerprint density at radius 3 is 2.59 bits per heavy atom. The van der Waals surface area contributed by atoms with Crippen molar-refractivity contribution in [3.8, 4) is 0 Å². The first-order chi connectivity index (χ1) is 13.8. The first-order valence-corrected chi connectivity index (χ1v) is 11.2. The highest BCUT2D eigenvalue weighted by Gasteiger charge is 2.37. The molecule has 1 heterocycles. The molecule has 156 valence electrons. The summed E-state index contributed by atoms with van der Waals surface area (Å²) >= 11 is 19.8. The Morgan fingerprint density at radius 1 is 1.21 bits per heavy atom. The average Bonchev–Trinajstić information content (AvgIpc) is 3.22. The minimum Gasteiger partial charge on any atom is -0.462 e. The van der Waals surface area contributed by atoms with E-state index in [1.807, 2.05) is 30.3 Å². The van der Waals surface area contributed by atoms with Crippen LogP contribution in [-0.4, -0.2) is 28.4 Å². The summed E-state index contributed by atoms with van der Waals surface area (Å²) in [6.45, 7) is 2.02. The summed E-state index contributed by atoms with van der Waals surface area (Å²) < 4.78 is 3.39. The van der Waals surface area contributed by atoms with Gasteiger partial charge in [-0.15, -0.1) is 11.3 Å². The molecule has 29 heavy (non-hydrogen) atoms. The summed E-state index contributed by atoms with van der Waals surface area (Å²) in [7, 11) is 0. The highest BCUT2D eigenvalue weighted by atomic mass is 35.6. The molecule has 0 saturated heterocycles. The lowest BCUT2D eigenvalue weighted by atomic mass is 10.1. The third kappa shape index (κ3) is 5.57. The van der Waals surface area contributed by atoms with Gasteiger partial charge >= 0.3 is 5.97 Å². The summed E-state index contributed by atoms with van der Waals surface area (Å²) in [5.41, 5.74) is 2.30. The molecule has 1 aromatic carbocycles. The van der Waals surface area contributed by atoms with Crippen LogP contribution in [0.1, 0.15) is 39.7 Å². The predicted octanol–water partition coefficient (Wildman–Crippen LogP) is 4.88. The number of thiophene rings is 1. The van der Waals surface area contributed by atoms with Crippen molar-refractivity contribution in [3.05, 3.63) is 51.9 Å². The number of carbonyl (C=O) groups excluding carboxylic acids is 2. The number of hydrogen-bond donors (Lipinski definition) is 2. The highest BCUT2D eigenvalue weighted by Crippen LogP contribution is 2.41. The Kier molecular flexibility index (Phi) is 7.32. The standard InChI is InChI=1S/C20H21Cl3N2O3S/c1-2-28-18(27)16-13-9-6-10-14(13)29-17(16)25-19(20(21,22)23)24-15(26)11-12-7-4-3-5-8-12/h3-5,7-8,19,25H,2,6,9-11H2,1H3,(H,24,26). The van der Waals surface area contributed by atoms with Crippen molar-refractivity contribution in [1.29, 1.82) is 0 Å². The van der Waals surface area contributed by atoms with Gasteiger partial charge in [-0.25, -0.2) is 4.79 Å². The smallest absolute Gasteiger partial charge is 0.341 e. The molecule has 0 bridgehead atoms. The van der Waals surface area contributed by atoms with Gasteiger partial charge < -0.3 is 15.4 Å². The maximum Gasteiger partial charge on any atom is 0.341 e. The maximum absolute atomic E-state index is 12.5. The quantitative estimate of drug-likeness (QED) is 0.340. The van der Waals surface area contributed by atoms with Crippen molar-refractivity contribution in [2.45, 2.75) is 42.6 Å². The van der Waals surface area contributed by atoms with Gasteiger partial charge in [-0.3, -0.25) is 4.79 Å². The van der Waals surface area contributed by atoms with E-state index in [2.05, 4.69) is 10.6 Å². The van der Waals surface area contributed by atoms with Gasteiger partial charge in [0.1, 0.15) is 11.2 Å². The number of amides is 1. The molecule has 5 nitrogen and oxygen atoms in total. The fourth-order valence-electron chi connectivity index (χ4n) is 3.25. The molecule has 3 rings (SSSR count). The predicted molar refractivity (Wildman–Crippen MR) is 118 cm³/mol. The molecular formula is C20H21Cl3N2O3S. The van der Waals surface area contributed by atoms with Gasteiger partial charge in [-0.05, 0) is 37.3 Å². The zero-order valence-electron chi connectivity index (χ0n) is 15.8. The topological polar surface area (TPSA) is 67.4 Å². The van der Waals surface area contributed by atoms with E-state index in [1.54, 1.807) is 6.92 Å². The lowest BCUT2D eigenvalue weighted by molar-refractivity contribution is -0.120. The monoisotopic (exact) mass is 474 g/mol. The first-order valence-electron chi connectivity index (χ1n) is 9.27. The fraction of sp³-hybridized carbons (Fsp3) is 0.400. The number of anilines is 1. The van der Waals surface area contributed by atoms with Crippen LogP contribution in [-0.2, 0) is 28.8 Å². The minimum atomic E-state index is -1.83. The van der Waals surface area contributed by atoms with Crippen molar-refractivity contribution < 1.29 is 14.3 Å². The van der Waals surface area contributed by atoms with Crippen LogP contribution in [0.4, 0.5) is 5.00 Å². The van der Waals surface area contributed by atoms with E-state index in [0.717, 1.165) is 35.3 Å². The van der Waals surface area contributed by atoms with Crippen LogP contribution < -0.4 is 10.6 Å². The molecule has 0 radical (unpaired) electrons. The van der Waals surface area contributed by atoms with E-state index in [9.17, 15) is 9.59 Å². The number of carbonyl (C=O) groups is 2. The second-order valence-corrected chi connectivity index (χ2v) is 10.1. The number of hydrogen-bond acceptors (Lipinski definition) is 5. The first kappa shape index (κ1) is 22.2. The van der Waals surface area contributed by atoms with Crippen molar-refractivity contribution in [2.24, 2.45) is 0 Å². The van der Waals surface area contributed by atoms with Gasteiger partial charge in [0.15, 0.2) is 0 Å². The van der Waals surface area contributed by atoms with Crippen LogP contribution in [0.3, 0.4) is 0 Å². The molecule has 2 aromatic rings. The second-order valence-electron chi connectivity index (χ2n) is 6.63. The highest BCUT2D eigenvalue weighted by molar-refractivity contribution is 7.16. The fourth-order valence-corrected chi connectivity index (χ4v) is 4.88. The van der Waals surface area contributed by atoms with E-state index >= 15 is 0 Å². The zero-order chi connectivity index (χ0) is 21.0. The van der Waals surface area contributed by atoms with Crippen molar-refractivity contribution in [1.82, 2.24) is 5.32 Å². The molecule has 9 heteroatoms. The molecule has 1 aromatic heterocycles. The lowest BCUT2D eigenvalue weighted by Crippen LogP contribution is -2.49. The van der Waals surface area contributed by atoms with E-state index < -0.39 is 15.9 Å². The van der Waals surface area contributed by atoms with Gasteiger partial charge in [0.25, 0.3) is 0 Å². The molecule has 0 spiro atoms. The van der Waals surface area contributed by atoms with Gasteiger partial charge in [0.2, 0.25) is 9.70 Å². The van der Waals surface area contributed by atoms with E-state index in [-0.39, 0.29) is 18.9 Å². The third-order valence-electron chi connectivity index (χ3n) is 4.52. The summed E-state index contributed by atoms with van der Waals surface area (Å²) in [5, 5.41) is 6.33. The number of esters is 1. The molecule has 0 aliphatic heterocycles. The number of rotatable bonds is 7. The minimum absolute atomic E-state index is 0.144. The molecule has 1 aliphatic rings. The molecule has 1 aliphatic carbocycles. The number of aryl methyl sites for hydroxylation is 1. The van der Waals surface area contributed by atoms with Crippen LogP contribution >= 0.6 is 46.1 Å². The number of benzene rings is 1. The van der Waals surface area contributed by atoms with E-state index in [1.165, 1.54) is 11.3 Å². The van der Waals surface area contributed by atoms with Crippen LogP contribution in [0.5, 0.6) is 0 Å². The van der Waals surface area contributed by atoms with Crippen LogP contribution in [0.2, 0.25) is 0 Å².